The van der Waals surface area contributed by atoms with Crippen LogP contribution in [0.15, 0.2) is 12.4 Å². The molecule has 0 amide bonds. The number of ether oxygens (including phenoxy) is 1. The zero-order chi connectivity index (χ0) is 10.9. The topological polar surface area (TPSA) is 19.0 Å². The highest BCUT2D eigenvalue weighted by molar-refractivity contribution is 4.90. The summed E-state index contributed by atoms with van der Waals surface area (Å²) in [4.78, 5) is 0.350. The van der Waals surface area contributed by atoms with E-state index in [0.29, 0.717) is 31.2 Å². The standard InChI is InChI=1S/C8H12F3N3O/c9-8(10,11)12-1-2-14(7-12)13-3-5-15-6-4-13/h1-2H,3-7H2. The Bertz CT molecular complexity index is 250. The molecular formula is C8H12F3N3O. The number of rotatable bonds is 1. The van der Waals surface area contributed by atoms with Crippen LogP contribution < -0.4 is 0 Å². The molecule has 0 aliphatic carbocycles. The molecule has 0 atom stereocenters. The van der Waals surface area contributed by atoms with Crippen LogP contribution in [-0.2, 0) is 4.74 Å². The molecule has 0 N–H and O–H groups in total. The third-order valence-electron chi connectivity index (χ3n) is 2.39. The summed E-state index contributed by atoms with van der Waals surface area (Å²) in [6, 6.07) is 0. The molecule has 0 aromatic rings. The van der Waals surface area contributed by atoms with E-state index >= 15 is 0 Å². The Morgan fingerprint density at radius 2 is 1.73 bits per heavy atom. The van der Waals surface area contributed by atoms with E-state index in [9.17, 15) is 13.2 Å². The number of hydrazine groups is 1. The Morgan fingerprint density at radius 1 is 1.07 bits per heavy atom. The van der Waals surface area contributed by atoms with Crippen LogP contribution in [0.1, 0.15) is 0 Å². The Hall–Kier alpha value is -0.950. The van der Waals surface area contributed by atoms with Gasteiger partial charge >= 0.3 is 6.30 Å². The second kappa shape index (κ2) is 3.90. The van der Waals surface area contributed by atoms with E-state index in [1.807, 2.05) is 5.01 Å². The molecule has 0 aromatic carbocycles. The van der Waals surface area contributed by atoms with Crippen molar-refractivity contribution in [2.24, 2.45) is 0 Å². The van der Waals surface area contributed by atoms with Gasteiger partial charge in [0.15, 0.2) is 0 Å². The van der Waals surface area contributed by atoms with E-state index in [4.69, 9.17) is 4.74 Å². The molecule has 1 fully saturated rings. The van der Waals surface area contributed by atoms with Gasteiger partial charge in [0.25, 0.3) is 0 Å². The van der Waals surface area contributed by atoms with Crippen LogP contribution in [-0.4, -0.2) is 54.2 Å². The minimum atomic E-state index is -4.29. The van der Waals surface area contributed by atoms with Crippen LogP contribution in [0, 0.1) is 0 Å². The van der Waals surface area contributed by atoms with Crippen molar-refractivity contribution < 1.29 is 17.9 Å². The summed E-state index contributed by atoms with van der Waals surface area (Å²) in [7, 11) is 0. The van der Waals surface area contributed by atoms with E-state index in [1.54, 1.807) is 5.01 Å². The Balaban J connectivity index is 1.90. The van der Waals surface area contributed by atoms with Crippen molar-refractivity contribution in [2.75, 3.05) is 33.0 Å². The van der Waals surface area contributed by atoms with Crippen LogP contribution in [0.25, 0.3) is 0 Å². The number of halogens is 3. The van der Waals surface area contributed by atoms with E-state index < -0.39 is 6.30 Å². The van der Waals surface area contributed by atoms with Gasteiger partial charge in [-0.1, -0.05) is 0 Å². The average molecular weight is 223 g/mol. The van der Waals surface area contributed by atoms with Gasteiger partial charge in [0, 0.05) is 25.5 Å². The second-order valence-electron chi connectivity index (χ2n) is 3.38. The van der Waals surface area contributed by atoms with Crippen molar-refractivity contribution in [1.29, 1.82) is 0 Å². The van der Waals surface area contributed by atoms with Gasteiger partial charge in [-0.25, -0.2) is 5.01 Å². The number of hydrogen-bond acceptors (Lipinski definition) is 4. The molecule has 15 heavy (non-hydrogen) atoms. The first-order valence-electron chi connectivity index (χ1n) is 4.68. The minimum Gasteiger partial charge on any atom is -0.379 e. The van der Waals surface area contributed by atoms with Crippen molar-refractivity contribution in [3.8, 4) is 0 Å². The molecule has 0 bridgehead atoms. The van der Waals surface area contributed by atoms with Crippen LogP contribution >= 0.6 is 0 Å². The zero-order valence-corrected chi connectivity index (χ0v) is 8.07. The predicted molar refractivity (Wildman–Crippen MR) is 46.1 cm³/mol. The van der Waals surface area contributed by atoms with Crippen LogP contribution in [0.4, 0.5) is 13.2 Å². The van der Waals surface area contributed by atoms with Crippen molar-refractivity contribution in [1.82, 2.24) is 14.9 Å². The molecule has 2 aliphatic heterocycles. The van der Waals surface area contributed by atoms with Crippen molar-refractivity contribution in [3.63, 3.8) is 0 Å². The summed E-state index contributed by atoms with van der Waals surface area (Å²) in [5.74, 6) is 0. The largest absolute Gasteiger partial charge is 0.485 e. The van der Waals surface area contributed by atoms with Crippen LogP contribution in [0.5, 0.6) is 0 Å². The van der Waals surface area contributed by atoms with Gasteiger partial charge in [0.1, 0.15) is 6.67 Å². The Kier molecular flexibility index (Phi) is 2.74. The summed E-state index contributed by atoms with van der Waals surface area (Å²) >= 11 is 0. The van der Waals surface area contributed by atoms with Gasteiger partial charge in [-0.05, 0) is 0 Å². The number of alkyl halides is 3. The molecule has 2 aliphatic rings. The predicted octanol–water partition coefficient (Wildman–Crippen LogP) is 0.800. The van der Waals surface area contributed by atoms with Gasteiger partial charge in [-0.3, -0.25) is 9.91 Å². The molecule has 7 heteroatoms. The molecular weight excluding hydrogens is 211 g/mol. The fourth-order valence-corrected chi connectivity index (χ4v) is 1.57. The number of morpholine rings is 1. The fraction of sp³-hybridized carbons (Fsp3) is 0.750. The lowest BCUT2D eigenvalue weighted by Crippen LogP contribution is -2.48. The third-order valence-corrected chi connectivity index (χ3v) is 2.39. The van der Waals surface area contributed by atoms with E-state index in [1.165, 1.54) is 6.20 Å². The first-order valence-corrected chi connectivity index (χ1v) is 4.68. The van der Waals surface area contributed by atoms with Crippen molar-refractivity contribution >= 4 is 0 Å². The summed E-state index contributed by atoms with van der Waals surface area (Å²) < 4.78 is 42.0. The minimum absolute atomic E-state index is 0.163. The number of hydrogen-bond donors (Lipinski definition) is 0. The summed E-state index contributed by atoms with van der Waals surface area (Å²) in [5.41, 5.74) is 0. The highest BCUT2D eigenvalue weighted by Gasteiger charge is 2.38. The molecule has 0 saturated carbocycles. The monoisotopic (exact) mass is 223 g/mol. The smallest absolute Gasteiger partial charge is 0.379 e. The van der Waals surface area contributed by atoms with E-state index in [2.05, 4.69) is 0 Å². The number of nitrogens with zero attached hydrogens (tertiary/aromatic N) is 3. The molecule has 2 heterocycles. The zero-order valence-electron chi connectivity index (χ0n) is 8.07. The normalized spacial score (nSPS) is 23.9. The lowest BCUT2D eigenvalue weighted by Gasteiger charge is -2.35. The molecule has 2 rings (SSSR count). The first kappa shape index (κ1) is 10.6. The lowest BCUT2D eigenvalue weighted by atomic mass is 10.5. The van der Waals surface area contributed by atoms with Crippen molar-refractivity contribution in [3.05, 3.63) is 12.4 Å². The highest BCUT2D eigenvalue weighted by Crippen LogP contribution is 2.25. The highest BCUT2D eigenvalue weighted by atomic mass is 19.4. The molecule has 4 nitrogen and oxygen atoms in total. The molecule has 1 saturated heterocycles. The Morgan fingerprint density at radius 3 is 2.27 bits per heavy atom. The average Bonchev–Trinajstić information content (AvgIpc) is 2.67. The molecule has 0 radical (unpaired) electrons. The maximum absolute atomic E-state index is 12.3. The maximum atomic E-state index is 12.3. The van der Waals surface area contributed by atoms with Gasteiger partial charge in [-0.2, -0.15) is 13.2 Å². The quantitative estimate of drug-likeness (QED) is 0.612. The fourth-order valence-electron chi connectivity index (χ4n) is 1.57. The molecule has 0 spiro atoms. The Labute approximate surface area is 85.5 Å². The SMILES string of the molecule is FC(F)(F)N1C=CN(N2CCOCC2)C1. The lowest BCUT2D eigenvalue weighted by molar-refractivity contribution is -0.238. The summed E-state index contributed by atoms with van der Waals surface area (Å²) in [5, 5.41) is 3.42. The van der Waals surface area contributed by atoms with Gasteiger partial charge < -0.3 is 4.74 Å². The van der Waals surface area contributed by atoms with Gasteiger partial charge in [-0.15, -0.1) is 0 Å². The molecule has 0 aromatic heterocycles. The van der Waals surface area contributed by atoms with Crippen molar-refractivity contribution in [2.45, 2.75) is 6.30 Å². The third kappa shape index (κ3) is 2.35. The van der Waals surface area contributed by atoms with E-state index in [-0.39, 0.29) is 6.67 Å². The molecule has 0 unspecified atom stereocenters. The maximum Gasteiger partial charge on any atom is 0.485 e. The molecule has 86 valence electrons. The van der Waals surface area contributed by atoms with Crippen LogP contribution in [0.2, 0.25) is 0 Å². The van der Waals surface area contributed by atoms with Gasteiger partial charge in [0.2, 0.25) is 0 Å². The van der Waals surface area contributed by atoms with Gasteiger partial charge in [0.05, 0.1) is 13.2 Å². The first-order chi connectivity index (χ1) is 7.07. The van der Waals surface area contributed by atoms with Crippen LogP contribution in [0.3, 0.4) is 0 Å². The summed E-state index contributed by atoms with van der Waals surface area (Å²) in [6.45, 7) is 2.24. The van der Waals surface area contributed by atoms with E-state index in [0.717, 1.165) is 6.20 Å². The summed E-state index contributed by atoms with van der Waals surface area (Å²) in [6.07, 6.45) is -1.80. The second-order valence-corrected chi connectivity index (χ2v) is 3.38.